The van der Waals surface area contributed by atoms with Crippen LogP contribution in [0.2, 0.25) is 0 Å². The molecule has 1 aliphatic rings. The molecule has 0 amide bonds. The Labute approximate surface area is 130 Å². The standard InChI is InChI=1S/C16H20ClNO3/c1-19-14-6-7-15(20-2)12(9-14)11-21-16(17)8-4-3-5-13(16)10-18/h3-9,13H,10-11,18H2,1-2H3. The van der Waals surface area contributed by atoms with Gasteiger partial charge in [0, 0.05) is 18.0 Å². The van der Waals surface area contributed by atoms with Crippen molar-refractivity contribution < 1.29 is 14.2 Å². The van der Waals surface area contributed by atoms with Crippen LogP contribution in [0.3, 0.4) is 0 Å². The first-order chi connectivity index (χ1) is 10.1. The highest BCUT2D eigenvalue weighted by Gasteiger charge is 2.34. The molecule has 5 heteroatoms. The van der Waals surface area contributed by atoms with Crippen LogP contribution < -0.4 is 15.2 Å². The highest BCUT2D eigenvalue weighted by Crippen LogP contribution is 2.34. The minimum Gasteiger partial charge on any atom is -0.497 e. The molecule has 4 nitrogen and oxygen atoms in total. The Balaban J connectivity index is 2.15. The molecule has 0 radical (unpaired) electrons. The van der Waals surface area contributed by atoms with E-state index in [9.17, 15) is 0 Å². The summed E-state index contributed by atoms with van der Waals surface area (Å²) in [7, 11) is 3.24. The van der Waals surface area contributed by atoms with Crippen LogP contribution in [0, 0.1) is 5.92 Å². The van der Waals surface area contributed by atoms with Gasteiger partial charge in [0.1, 0.15) is 11.5 Å². The molecule has 1 aliphatic carbocycles. The number of methoxy groups -OCH3 is 2. The number of hydrogen-bond donors (Lipinski definition) is 1. The third-order valence-corrected chi connectivity index (χ3v) is 3.99. The Morgan fingerprint density at radius 3 is 2.71 bits per heavy atom. The Kier molecular flexibility index (Phi) is 5.28. The maximum absolute atomic E-state index is 6.55. The van der Waals surface area contributed by atoms with Gasteiger partial charge in [0.05, 0.1) is 20.8 Å². The molecule has 0 saturated carbocycles. The molecule has 1 aromatic rings. The summed E-state index contributed by atoms with van der Waals surface area (Å²) in [5, 5.41) is -0.933. The maximum atomic E-state index is 6.55. The molecule has 0 spiro atoms. The first kappa shape index (κ1) is 15.9. The van der Waals surface area contributed by atoms with Gasteiger partial charge >= 0.3 is 0 Å². The van der Waals surface area contributed by atoms with Gasteiger partial charge in [-0.1, -0.05) is 29.8 Å². The predicted molar refractivity (Wildman–Crippen MR) is 83.7 cm³/mol. The van der Waals surface area contributed by atoms with Gasteiger partial charge in [-0.05, 0) is 24.3 Å². The molecule has 2 N–H and O–H groups in total. The van der Waals surface area contributed by atoms with Gasteiger partial charge in [0.25, 0.3) is 0 Å². The fourth-order valence-electron chi connectivity index (χ4n) is 2.22. The fraction of sp³-hybridized carbons (Fsp3) is 0.375. The molecule has 0 bridgehead atoms. The lowest BCUT2D eigenvalue weighted by Gasteiger charge is -2.32. The second-order valence-corrected chi connectivity index (χ2v) is 5.34. The van der Waals surface area contributed by atoms with Gasteiger partial charge in [0.2, 0.25) is 0 Å². The molecule has 0 heterocycles. The normalized spacial score (nSPS) is 24.1. The fourth-order valence-corrected chi connectivity index (χ4v) is 2.51. The minimum absolute atomic E-state index is 0.0687. The predicted octanol–water partition coefficient (Wildman–Crippen LogP) is 2.86. The van der Waals surface area contributed by atoms with Crippen LogP contribution in [0.15, 0.2) is 42.5 Å². The summed E-state index contributed by atoms with van der Waals surface area (Å²) in [6.07, 6.45) is 7.56. The number of allylic oxidation sites excluding steroid dienone is 2. The summed E-state index contributed by atoms with van der Waals surface area (Å²) in [5.41, 5.74) is 6.63. The smallest absolute Gasteiger partial charge is 0.168 e. The highest BCUT2D eigenvalue weighted by molar-refractivity contribution is 6.24. The van der Waals surface area contributed by atoms with E-state index in [4.69, 9.17) is 31.5 Å². The summed E-state index contributed by atoms with van der Waals surface area (Å²) in [6.45, 7) is 0.720. The third-order valence-electron chi connectivity index (χ3n) is 3.47. The number of rotatable bonds is 6. The summed E-state index contributed by atoms with van der Waals surface area (Å²) < 4.78 is 16.5. The van der Waals surface area contributed by atoms with Crippen LogP contribution in [-0.2, 0) is 11.3 Å². The van der Waals surface area contributed by atoms with Gasteiger partial charge in [0.15, 0.2) is 5.06 Å². The van der Waals surface area contributed by atoms with Gasteiger partial charge in [-0.25, -0.2) is 0 Å². The minimum atomic E-state index is -0.933. The quantitative estimate of drug-likeness (QED) is 0.821. The molecule has 2 rings (SSSR count). The van der Waals surface area contributed by atoms with Gasteiger partial charge in [-0.2, -0.15) is 0 Å². The van der Waals surface area contributed by atoms with Crippen molar-refractivity contribution in [3.8, 4) is 11.5 Å². The Bertz CT molecular complexity index is 544. The molecule has 0 fully saturated rings. The SMILES string of the molecule is COc1ccc(OC)c(COC2(Cl)C=CC=CC2CN)c1. The van der Waals surface area contributed by atoms with Crippen LogP contribution in [0.1, 0.15) is 5.56 Å². The van der Waals surface area contributed by atoms with Gasteiger partial charge in [-0.3, -0.25) is 0 Å². The Morgan fingerprint density at radius 1 is 1.24 bits per heavy atom. The Morgan fingerprint density at radius 2 is 2.05 bits per heavy atom. The lowest BCUT2D eigenvalue weighted by atomic mass is 9.97. The number of nitrogens with two attached hydrogens (primary N) is 1. The van der Waals surface area contributed by atoms with E-state index >= 15 is 0 Å². The summed E-state index contributed by atoms with van der Waals surface area (Å²) >= 11 is 6.55. The van der Waals surface area contributed by atoms with E-state index in [1.165, 1.54) is 0 Å². The van der Waals surface area contributed by atoms with E-state index in [1.54, 1.807) is 14.2 Å². The van der Waals surface area contributed by atoms with Crippen molar-refractivity contribution >= 4 is 11.6 Å². The second-order valence-electron chi connectivity index (χ2n) is 4.75. The zero-order chi connectivity index (χ0) is 15.3. The van der Waals surface area contributed by atoms with E-state index in [0.29, 0.717) is 13.2 Å². The molecule has 21 heavy (non-hydrogen) atoms. The molecule has 2 atom stereocenters. The van der Waals surface area contributed by atoms with Crippen molar-refractivity contribution in [3.05, 3.63) is 48.1 Å². The van der Waals surface area contributed by atoms with Gasteiger partial charge in [-0.15, -0.1) is 0 Å². The van der Waals surface area contributed by atoms with E-state index < -0.39 is 5.06 Å². The average Bonchev–Trinajstić information content (AvgIpc) is 2.53. The van der Waals surface area contributed by atoms with Crippen LogP contribution in [-0.4, -0.2) is 25.8 Å². The molecule has 0 saturated heterocycles. The number of halogens is 1. The van der Waals surface area contributed by atoms with Crippen LogP contribution in [0.25, 0.3) is 0 Å². The molecular weight excluding hydrogens is 290 g/mol. The Hall–Kier alpha value is -1.49. The summed E-state index contributed by atoms with van der Waals surface area (Å²) in [4.78, 5) is 0. The summed E-state index contributed by atoms with van der Waals surface area (Å²) in [5.74, 6) is 1.41. The second kappa shape index (κ2) is 6.98. The number of ether oxygens (including phenoxy) is 3. The average molecular weight is 310 g/mol. The van der Waals surface area contributed by atoms with E-state index in [2.05, 4.69) is 0 Å². The first-order valence-corrected chi connectivity index (χ1v) is 7.10. The van der Waals surface area contributed by atoms with Crippen molar-refractivity contribution in [2.75, 3.05) is 20.8 Å². The molecule has 114 valence electrons. The van der Waals surface area contributed by atoms with Crippen molar-refractivity contribution in [2.24, 2.45) is 11.7 Å². The van der Waals surface area contributed by atoms with Gasteiger partial charge < -0.3 is 19.9 Å². The monoisotopic (exact) mass is 309 g/mol. The first-order valence-electron chi connectivity index (χ1n) is 6.73. The van der Waals surface area contributed by atoms with Crippen molar-refractivity contribution in [3.63, 3.8) is 0 Å². The highest BCUT2D eigenvalue weighted by atomic mass is 35.5. The lowest BCUT2D eigenvalue weighted by molar-refractivity contribution is 0.0133. The third kappa shape index (κ3) is 3.59. The molecular formula is C16H20ClNO3. The summed E-state index contributed by atoms with van der Waals surface area (Å²) in [6, 6.07) is 5.55. The molecule has 0 aliphatic heterocycles. The maximum Gasteiger partial charge on any atom is 0.168 e. The van der Waals surface area contributed by atoms with Crippen molar-refractivity contribution in [1.29, 1.82) is 0 Å². The lowest BCUT2D eigenvalue weighted by Crippen LogP contribution is -2.37. The topological polar surface area (TPSA) is 53.7 Å². The van der Waals surface area contributed by atoms with Crippen molar-refractivity contribution in [2.45, 2.75) is 11.7 Å². The van der Waals surface area contributed by atoms with Crippen LogP contribution in [0.4, 0.5) is 0 Å². The number of alkyl halides is 1. The molecule has 0 aromatic heterocycles. The van der Waals surface area contributed by atoms with Crippen LogP contribution >= 0.6 is 11.6 Å². The van der Waals surface area contributed by atoms with Crippen LogP contribution in [0.5, 0.6) is 11.5 Å². The molecule has 2 unspecified atom stereocenters. The largest absolute Gasteiger partial charge is 0.497 e. The zero-order valence-corrected chi connectivity index (χ0v) is 13.0. The molecule has 1 aromatic carbocycles. The van der Waals surface area contributed by atoms with E-state index in [0.717, 1.165) is 17.1 Å². The van der Waals surface area contributed by atoms with E-state index in [1.807, 2.05) is 42.5 Å². The van der Waals surface area contributed by atoms with E-state index in [-0.39, 0.29) is 5.92 Å². The van der Waals surface area contributed by atoms with Crippen molar-refractivity contribution in [1.82, 2.24) is 0 Å². The zero-order valence-electron chi connectivity index (χ0n) is 12.2. The number of hydrogen-bond acceptors (Lipinski definition) is 4. The number of benzene rings is 1.